The average molecular weight is 332 g/mol. The molecule has 1 aromatic carbocycles. The first-order chi connectivity index (χ1) is 11.6. The van der Waals surface area contributed by atoms with E-state index in [-0.39, 0.29) is 17.9 Å². The largest absolute Gasteiger partial charge is 0.392 e. The molecule has 0 spiro atoms. The van der Waals surface area contributed by atoms with Gasteiger partial charge in [0.2, 0.25) is 0 Å². The molecule has 24 heavy (non-hydrogen) atoms. The molecule has 7 heteroatoms. The van der Waals surface area contributed by atoms with Crippen molar-refractivity contribution in [3.8, 4) is 0 Å². The van der Waals surface area contributed by atoms with Crippen LogP contribution in [0, 0.1) is 0 Å². The van der Waals surface area contributed by atoms with Crippen molar-refractivity contribution in [2.24, 2.45) is 0 Å². The Labute approximate surface area is 141 Å². The monoisotopic (exact) mass is 332 g/mol. The molecule has 2 amide bonds. The third-order valence-electron chi connectivity index (χ3n) is 4.48. The highest BCUT2D eigenvalue weighted by Gasteiger charge is 2.32. The Morgan fingerprint density at radius 3 is 2.62 bits per heavy atom. The number of benzene rings is 1. The minimum Gasteiger partial charge on any atom is -0.392 e. The van der Waals surface area contributed by atoms with E-state index < -0.39 is 12.1 Å². The summed E-state index contributed by atoms with van der Waals surface area (Å²) >= 11 is 0. The molecule has 2 heterocycles. The number of aliphatic hydroxyl groups excluding tert-OH is 1. The molecule has 2 saturated heterocycles. The lowest BCUT2D eigenvalue weighted by Crippen LogP contribution is -2.55. The summed E-state index contributed by atoms with van der Waals surface area (Å²) in [6.07, 6.45) is 1.58. The number of carbonyl (C=O) groups is 2. The quantitative estimate of drug-likeness (QED) is 0.559. The number of nitrogens with one attached hydrogen (secondary N) is 3. The minimum absolute atomic E-state index is 0.122. The molecule has 3 atom stereocenters. The first kappa shape index (κ1) is 16.9. The van der Waals surface area contributed by atoms with Crippen LogP contribution >= 0.6 is 0 Å². The number of aliphatic hydroxyl groups is 1. The van der Waals surface area contributed by atoms with Crippen LogP contribution in [0.4, 0.5) is 0 Å². The molecule has 2 fully saturated rings. The first-order valence-corrected chi connectivity index (χ1v) is 8.44. The smallest absolute Gasteiger partial charge is 0.258 e. The van der Waals surface area contributed by atoms with Crippen molar-refractivity contribution >= 4 is 11.8 Å². The highest BCUT2D eigenvalue weighted by Crippen LogP contribution is 2.12. The molecule has 130 valence electrons. The van der Waals surface area contributed by atoms with E-state index in [0.29, 0.717) is 19.5 Å². The van der Waals surface area contributed by atoms with Gasteiger partial charge in [-0.05, 0) is 31.4 Å². The number of carbonyl (C=O) groups excluding carboxylic acids is 2. The van der Waals surface area contributed by atoms with Gasteiger partial charge >= 0.3 is 0 Å². The maximum Gasteiger partial charge on any atom is 0.258 e. The molecule has 3 rings (SSSR count). The number of hydrogen-bond acceptors (Lipinski definition) is 5. The predicted molar refractivity (Wildman–Crippen MR) is 88.6 cm³/mol. The molecule has 2 aliphatic heterocycles. The maximum absolute atomic E-state index is 12.7. The Balaban J connectivity index is 1.68. The minimum atomic E-state index is -0.518. The second-order valence-electron chi connectivity index (χ2n) is 6.39. The Morgan fingerprint density at radius 1 is 1.21 bits per heavy atom. The number of β-amino-alcohol motifs (C(OH)–C–C–N with tert-alkyl or cyclic N) is 1. The fourth-order valence-electron chi connectivity index (χ4n) is 3.15. The van der Waals surface area contributed by atoms with E-state index in [1.165, 1.54) is 5.01 Å². The van der Waals surface area contributed by atoms with Crippen LogP contribution in [0.25, 0.3) is 0 Å². The fourth-order valence-corrected chi connectivity index (χ4v) is 3.15. The van der Waals surface area contributed by atoms with Crippen LogP contribution in [0.5, 0.6) is 0 Å². The SMILES string of the molecule is O=C(NN(Cc1ccccc1)C(=O)C1CCCN1)[C@@H]1C[C@@H](O)CN1. The van der Waals surface area contributed by atoms with E-state index in [1.807, 2.05) is 30.3 Å². The van der Waals surface area contributed by atoms with Crippen molar-refractivity contribution in [2.45, 2.75) is 44.0 Å². The molecule has 2 aliphatic rings. The van der Waals surface area contributed by atoms with Crippen LogP contribution < -0.4 is 16.1 Å². The molecule has 0 saturated carbocycles. The van der Waals surface area contributed by atoms with Gasteiger partial charge in [-0.3, -0.25) is 15.0 Å². The van der Waals surface area contributed by atoms with E-state index in [2.05, 4.69) is 16.1 Å². The summed E-state index contributed by atoms with van der Waals surface area (Å²) in [4.78, 5) is 25.2. The van der Waals surface area contributed by atoms with Crippen LogP contribution in [0.15, 0.2) is 30.3 Å². The number of hydrazine groups is 1. The van der Waals surface area contributed by atoms with Crippen molar-refractivity contribution in [3.63, 3.8) is 0 Å². The lowest BCUT2D eigenvalue weighted by Gasteiger charge is -2.27. The zero-order valence-corrected chi connectivity index (χ0v) is 13.6. The van der Waals surface area contributed by atoms with E-state index in [0.717, 1.165) is 24.9 Å². The second kappa shape index (κ2) is 7.74. The van der Waals surface area contributed by atoms with E-state index in [4.69, 9.17) is 0 Å². The molecular weight excluding hydrogens is 308 g/mol. The predicted octanol–water partition coefficient (Wildman–Crippen LogP) is -0.479. The fraction of sp³-hybridized carbons (Fsp3) is 0.529. The van der Waals surface area contributed by atoms with Gasteiger partial charge in [-0.25, -0.2) is 5.01 Å². The van der Waals surface area contributed by atoms with Gasteiger partial charge in [-0.1, -0.05) is 30.3 Å². The van der Waals surface area contributed by atoms with Gasteiger partial charge in [-0.15, -0.1) is 0 Å². The van der Waals surface area contributed by atoms with Crippen molar-refractivity contribution in [1.29, 1.82) is 0 Å². The first-order valence-electron chi connectivity index (χ1n) is 8.44. The zero-order valence-electron chi connectivity index (χ0n) is 13.6. The molecular formula is C17H24N4O3. The lowest BCUT2D eigenvalue weighted by atomic mass is 10.1. The van der Waals surface area contributed by atoms with Gasteiger partial charge in [0.25, 0.3) is 11.8 Å². The van der Waals surface area contributed by atoms with Crippen LogP contribution in [0.1, 0.15) is 24.8 Å². The molecule has 0 aliphatic carbocycles. The molecule has 7 nitrogen and oxygen atoms in total. The topological polar surface area (TPSA) is 93.7 Å². The molecule has 1 unspecified atom stereocenters. The van der Waals surface area contributed by atoms with Crippen molar-refractivity contribution in [2.75, 3.05) is 13.1 Å². The Hall–Kier alpha value is -1.96. The third kappa shape index (κ3) is 4.11. The number of amides is 2. The third-order valence-corrected chi connectivity index (χ3v) is 4.48. The van der Waals surface area contributed by atoms with E-state index >= 15 is 0 Å². The zero-order chi connectivity index (χ0) is 16.9. The Bertz CT molecular complexity index is 574. The van der Waals surface area contributed by atoms with Crippen LogP contribution in [0.2, 0.25) is 0 Å². The summed E-state index contributed by atoms with van der Waals surface area (Å²) in [5.74, 6) is -0.405. The Morgan fingerprint density at radius 2 is 2.00 bits per heavy atom. The standard InChI is InChI=1S/C17H24N4O3/c22-13-9-15(19-10-13)16(23)20-21(11-12-5-2-1-3-6-12)17(24)14-7-4-8-18-14/h1-3,5-6,13-15,18-19,22H,4,7-11H2,(H,20,23)/t13-,14?,15+/m1/s1. The van der Waals surface area contributed by atoms with Crippen LogP contribution in [-0.2, 0) is 16.1 Å². The van der Waals surface area contributed by atoms with E-state index in [1.54, 1.807) is 0 Å². The van der Waals surface area contributed by atoms with E-state index in [9.17, 15) is 14.7 Å². The molecule has 4 N–H and O–H groups in total. The summed E-state index contributed by atoms with van der Waals surface area (Å²) in [6.45, 7) is 1.54. The molecule has 0 aromatic heterocycles. The second-order valence-corrected chi connectivity index (χ2v) is 6.39. The maximum atomic E-state index is 12.7. The van der Waals surface area contributed by atoms with Gasteiger partial charge in [0.05, 0.1) is 24.7 Å². The van der Waals surface area contributed by atoms with Crippen LogP contribution in [-0.4, -0.2) is 53.2 Å². The highest BCUT2D eigenvalue weighted by atomic mass is 16.3. The summed E-state index contributed by atoms with van der Waals surface area (Å²) in [6, 6.07) is 8.85. The number of rotatable bonds is 4. The number of nitrogens with zero attached hydrogens (tertiary/aromatic N) is 1. The number of hydrogen-bond donors (Lipinski definition) is 4. The van der Waals surface area contributed by atoms with Gasteiger partial charge < -0.3 is 15.7 Å². The van der Waals surface area contributed by atoms with Gasteiger partial charge in [0.1, 0.15) is 0 Å². The normalized spacial score (nSPS) is 26.3. The highest BCUT2D eigenvalue weighted by molar-refractivity contribution is 5.87. The van der Waals surface area contributed by atoms with Gasteiger partial charge in [0, 0.05) is 6.54 Å². The van der Waals surface area contributed by atoms with Crippen LogP contribution in [0.3, 0.4) is 0 Å². The molecule has 0 bridgehead atoms. The van der Waals surface area contributed by atoms with Crippen molar-refractivity contribution in [3.05, 3.63) is 35.9 Å². The summed E-state index contributed by atoms with van der Waals surface area (Å²) in [5, 5.41) is 17.1. The van der Waals surface area contributed by atoms with Gasteiger partial charge in [0.15, 0.2) is 0 Å². The molecule has 1 aromatic rings. The van der Waals surface area contributed by atoms with Gasteiger partial charge in [-0.2, -0.15) is 0 Å². The van der Waals surface area contributed by atoms with Crippen molar-refractivity contribution in [1.82, 2.24) is 21.1 Å². The van der Waals surface area contributed by atoms with Crippen molar-refractivity contribution < 1.29 is 14.7 Å². The summed E-state index contributed by atoms with van der Waals surface area (Å²) in [7, 11) is 0. The summed E-state index contributed by atoms with van der Waals surface area (Å²) in [5.41, 5.74) is 3.68. The Kier molecular flexibility index (Phi) is 5.44. The summed E-state index contributed by atoms with van der Waals surface area (Å²) < 4.78 is 0. The molecule has 0 radical (unpaired) electrons. The average Bonchev–Trinajstić information content (AvgIpc) is 3.26. The lowest BCUT2D eigenvalue weighted by molar-refractivity contribution is -0.144.